The molecule has 1 N–H and O–H groups in total. The number of fused-ring (bicyclic) bond motifs is 1. The molecule has 1 saturated heterocycles. The van der Waals surface area contributed by atoms with Crippen molar-refractivity contribution in [3.05, 3.63) is 71.5 Å². The van der Waals surface area contributed by atoms with Crippen LogP contribution < -0.4 is 5.32 Å². The van der Waals surface area contributed by atoms with Crippen LogP contribution in [0.15, 0.2) is 59.0 Å². The molecule has 26 heavy (non-hydrogen) atoms. The van der Waals surface area contributed by atoms with E-state index in [2.05, 4.69) is 23.5 Å². The molecule has 1 unspecified atom stereocenters. The molecule has 0 bridgehead atoms. The van der Waals surface area contributed by atoms with Crippen LogP contribution in [-0.4, -0.2) is 23.9 Å². The van der Waals surface area contributed by atoms with Crippen LogP contribution in [0.25, 0.3) is 11.0 Å². The zero-order valence-electron chi connectivity index (χ0n) is 15.1. The van der Waals surface area contributed by atoms with Gasteiger partial charge < -0.3 is 14.6 Å². The minimum absolute atomic E-state index is 0.255. The SMILES string of the molecule is Cc1oc2ccccc2c1CNCC1CC(=O)N(Cc2ccccc2)C1. The molecule has 2 heterocycles. The van der Waals surface area contributed by atoms with Crippen molar-refractivity contribution in [3.63, 3.8) is 0 Å². The number of hydrogen-bond acceptors (Lipinski definition) is 3. The minimum atomic E-state index is 0.255. The van der Waals surface area contributed by atoms with E-state index in [0.717, 1.165) is 31.0 Å². The predicted molar refractivity (Wildman–Crippen MR) is 103 cm³/mol. The van der Waals surface area contributed by atoms with E-state index in [-0.39, 0.29) is 5.91 Å². The van der Waals surface area contributed by atoms with E-state index in [9.17, 15) is 4.79 Å². The number of nitrogens with one attached hydrogen (secondary N) is 1. The number of furan rings is 1. The maximum Gasteiger partial charge on any atom is 0.223 e. The topological polar surface area (TPSA) is 45.5 Å². The zero-order valence-corrected chi connectivity index (χ0v) is 15.1. The molecule has 1 atom stereocenters. The molecule has 1 fully saturated rings. The fourth-order valence-electron chi connectivity index (χ4n) is 3.79. The summed E-state index contributed by atoms with van der Waals surface area (Å²) in [7, 11) is 0. The summed E-state index contributed by atoms with van der Waals surface area (Å²) in [5.74, 6) is 1.59. The van der Waals surface area contributed by atoms with Crippen molar-refractivity contribution in [2.24, 2.45) is 5.92 Å². The van der Waals surface area contributed by atoms with Gasteiger partial charge in [-0.1, -0.05) is 48.5 Å². The van der Waals surface area contributed by atoms with E-state index in [1.165, 1.54) is 16.5 Å². The summed E-state index contributed by atoms with van der Waals surface area (Å²) in [6.07, 6.45) is 0.630. The average molecular weight is 348 g/mol. The molecule has 4 nitrogen and oxygen atoms in total. The second-order valence-electron chi connectivity index (χ2n) is 7.09. The molecule has 1 aliphatic heterocycles. The molecule has 0 radical (unpaired) electrons. The molecule has 0 aliphatic carbocycles. The number of rotatable bonds is 6. The van der Waals surface area contributed by atoms with Gasteiger partial charge in [-0.15, -0.1) is 0 Å². The lowest BCUT2D eigenvalue weighted by atomic mass is 10.1. The van der Waals surface area contributed by atoms with E-state index in [1.54, 1.807) is 0 Å². The summed E-state index contributed by atoms with van der Waals surface area (Å²) in [5.41, 5.74) is 3.34. The Balaban J connectivity index is 1.33. The molecular weight excluding hydrogens is 324 g/mol. The van der Waals surface area contributed by atoms with Gasteiger partial charge in [-0.05, 0) is 24.5 Å². The first-order valence-corrected chi connectivity index (χ1v) is 9.20. The number of para-hydroxylation sites is 1. The van der Waals surface area contributed by atoms with Crippen LogP contribution >= 0.6 is 0 Å². The Hall–Kier alpha value is -2.59. The number of likely N-dealkylation sites (tertiary alicyclic amines) is 1. The quantitative estimate of drug-likeness (QED) is 0.735. The van der Waals surface area contributed by atoms with Gasteiger partial charge in [0.05, 0.1) is 0 Å². The first-order chi connectivity index (χ1) is 12.7. The lowest BCUT2D eigenvalue weighted by Gasteiger charge is -2.17. The number of nitrogens with zero attached hydrogens (tertiary/aromatic N) is 1. The lowest BCUT2D eigenvalue weighted by molar-refractivity contribution is -0.128. The number of hydrogen-bond donors (Lipinski definition) is 1. The highest BCUT2D eigenvalue weighted by atomic mass is 16.3. The summed E-state index contributed by atoms with van der Waals surface area (Å²) in [4.78, 5) is 14.3. The van der Waals surface area contributed by atoms with Crippen molar-refractivity contribution >= 4 is 16.9 Å². The Morgan fingerprint density at radius 1 is 1.12 bits per heavy atom. The van der Waals surface area contributed by atoms with Gasteiger partial charge in [-0.3, -0.25) is 4.79 Å². The van der Waals surface area contributed by atoms with Crippen molar-refractivity contribution in [2.45, 2.75) is 26.4 Å². The summed E-state index contributed by atoms with van der Waals surface area (Å²) in [6.45, 7) is 5.16. The summed E-state index contributed by atoms with van der Waals surface area (Å²) < 4.78 is 5.82. The van der Waals surface area contributed by atoms with Crippen molar-refractivity contribution in [1.29, 1.82) is 0 Å². The van der Waals surface area contributed by atoms with Gasteiger partial charge in [0.25, 0.3) is 0 Å². The third kappa shape index (κ3) is 3.51. The second kappa shape index (κ2) is 7.34. The van der Waals surface area contributed by atoms with Crippen LogP contribution in [0, 0.1) is 12.8 Å². The third-order valence-electron chi connectivity index (χ3n) is 5.15. The van der Waals surface area contributed by atoms with Gasteiger partial charge in [-0.2, -0.15) is 0 Å². The standard InChI is InChI=1S/C22H24N2O2/c1-16-20(19-9-5-6-10-21(19)26-16)13-23-12-18-11-22(25)24(15-18)14-17-7-3-2-4-8-17/h2-10,18,23H,11-15H2,1H3. The molecule has 0 saturated carbocycles. The first-order valence-electron chi connectivity index (χ1n) is 9.20. The van der Waals surface area contributed by atoms with Crippen molar-refractivity contribution in [3.8, 4) is 0 Å². The van der Waals surface area contributed by atoms with Crippen molar-refractivity contribution in [2.75, 3.05) is 13.1 Å². The minimum Gasteiger partial charge on any atom is -0.461 e. The predicted octanol–water partition coefficient (Wildman–Crippen LogP) is 3.88. The van der Waals surface area contributed by atoms with E-state index in [1.807, 2.05) is 48.2 Å². The Kier molecular flexibility index (Phi) is 4.76. The Morgan fingerprint density at radius 2 is 1.88 bits per heavy atom. The number of carbonyl (C=O) groups excluding carboxylic acids is 1. The van der Waals surface area contributed by atoms with Gasteiger partial charge >= 0.3 is 0 Å². The van der Waals surface area contributed by atoms with Crippen LogP contribution in [0.4, 0.5) is 0 Å². The van der Waals surface area contributed by atoms with E-state index < -0.39 is 0 Å². The Morgan fingerprint density at radius 3 is 2.73 bits per heavy atom. The van der Waals surface area contributed by atoms with E-state index in [0.29, 0.717) is 18.9 Å². The van der Waals surface area contributed by atoms with Crippen molar-refractivity contribution < 1.29 is 9.21 Å². The van der Waals surface area contributed by atoms with Crippen LogP contribution in [0.5, 0.6) is 0 Å². The molecule has 134 valence electrons. The molecule has 2 aromatic carbocycles. The number of benzene rings is 2. The normalized spacial score (nSPS) is 17.3. The highest BCUT2D eigenvalue weighted by Gasteiger charge is 2.29. The molecule has 1 aromatic heterocycles. The van der Waals surface area contributed by atoms with E-state index in [4.69, 9.17) is 4.42 Å². The number of carbonyl (C=O) groups is 1. The maximum atomic E-state index is 12.3. The molecule has 3 aromatic rings. The fourth-order valence-corrected chi connectivity index (χ4v) is 3.79. The molecule has 4 heteroatoms. The fraction of sp³-hybridized carbons (Fsp3) is 0.318. The van der Waals surface area contributed by atoms with Crippen LogP contribution in [0.2, 0.25) is 0 Å². The molecule has 1 amide bonds. The third-order valence-corrected chi connectivity index (χ3v) is 5.15. The van der Waals surface area contributed by atoms with Gasteiger partial charge in [0.1, 0.15) is 11.3 Å². The molecule has 4 rings (SSSR count). The Labute approximate surface area is 153 Å². The lowest BCUT2D eigenvalue weighted by Crippen LogP contribution is -2.27. The summed E-state index contributed by atoms with van der Waals surface area (Å²) in [6, 6.07) is 18.3. The molecular formula is C22H24N2O2. The van der Waals surface area contributed by atoms with Gasteiger partial charge in [0, 0.05) is 43.5 Å². The first kappa shape index (κ1) is 16.9. The van der Waals surface area contributed by atoms with Gasteiger partial charge in [0.2, 0.25) is 5.91 Å². The van der Waals surface area contributed by atoms with Gasteiger partial charge in [-0.25, -0.2) is 0 Å². The smallest absolute Gasteiger partial charge is 0.223 e. The maximum absolute atomic E-state index is 12.3. The Bertz CT molecular complexity index is 901. The highest BCUT2D eigenvalue weighted by molar-refractivity contribution is 5.82. The summed E-state index contributed by atoms with van der Waals surface area (Å²) >= 11 is 0. The van der Waals surface area contributed by atoms with Gasteiger partial charge in [0.15, 0.2) is 0 Å². The highest BCUT2D eigenvalue weighted by Crippen LogP contribution is 2.25. The molecule has 1 aliphatic rings. The zero-order chi connectivity index (χ0) is 17.9. The largest absolute Gasteiger partial charge is 0.461 e. The monoisotopic (exact) mass is 348 g/mol. The van der Waals surface area contributed by atoms with E-state index >= 15 is 0 Å². The molecule has 0 spiro atoms. The van der Waals surface area contributed by atoms with Crippen LogP contribution in [-0.2, 0) is 17.9 Å². The second-order valence-corrected chi connectivity index (χ2v) is 7.09. The summed E-state index contributed by atoms with van der Waals surface area (Å²) in [5, 5.41) is 4.70. The number of amides is 1. The number of aryl methyl sites for hydroxylation is 1. The van der Waals surface area contributed by atoms with Crippen LogP contribution in [0.1, 0.15) is 23.3 Å². The average Bonchev–Trinajstić information content (AvgIpc) is 3.15. The van der Waals surface area contributed by atoms with Crippen LogP contribution in [0.3, 0.4) is 0 Å². The van der Waals surface area contributed by atoms with Crippen molar-refractivity contribution in [1.82, 2.24) is 10.2 Å².